The number of halogens is 2. The minimum Gasteiger partial charge on any atom is -0.320 e. The van der Waals surface area contributed by atoms with Crippen molar-refractivity contribution in [1.82, 2.24) is 19.7 Å². The van der Waals surface area contributed by atoms with E-state index in [4.69, 9.17) is 34.0 Å². The number of benzene rings is 2. The van der Waals surface area contributed by atoms with Crippen LogP contribution < -0.4 is 5.73 Å². The van der Waals surface area contributed by atoms with E-state index in [2.05, 4.69) is 16.9 Å². The SMILES string of the molecule is CC1CCCC(N)(c2ncnc3c(-c4ccc(Cl)cc4)n(-c4ccccc4Cl)nc23)C1. The van der Waals surface area contributed by atoms with Gasteiger partial charge in [-0.2, -0.15) is 5.10 Å². The molecule has 0 amide bonds. The predicted molar refractivity (Wildman–Crippen MR) is 126 cm³/mol. The number of para-hydroxylation sites is 1. The van der Waals surface area contributed by atoms with E-state index in [1.54, 1.807) is 6.33 Å². The van der Waals surface area contributed by atoms with Gasteiger partial charge in [0.25, 0.3) is 0 Å². The number of hydrogen-bond donors (Lipinski definition) is 1. The normalized spacial score (nSPS) is 21.5. The lowest BCUT2D eigenvalue weighted by Gasteiger charge is -2.36. The van der Waals surface area contributed by atoms with Crippen LogP contribution >= 0.6 is 23.2 Å². The Hall–Kier alpha value is -2.47. The molecular formula is C24H23Cl2N5. The van der Waals surface area contributed by atoms with Crippen molar-refractivity contribution in [1.29, 1.82) is 0 Å². The van der Waals surface area contributed by atoms with Gasteiger partial charge in [-0.25, -0.2) is 14.6 Å². The summed E-state index contributed by atoms with van der Waals surface area (Å²) in [5.41, 5.74) is 11.3. The molecule has 1 fully saturated rings. The first-order valence-electron chi connectivity index (χ1n) is 10.5. The van der Waals surface area contributed by atoms with Crippen LogP contribution in [0.5, 0.6) is 0 Å². The summed E-state index contributed by atoms with van der Waals surface area (Å²) in [5, 5.41) is 6.26. The average Bonchev–Trinajstić information content (AvgIpc) is 3.14. The lowest BCUT2D eigenvalue weighted by atomic mass is 9.75. The second kappa shape index (κ2) is 7.90. The quantitative estimate of drug-likeness (QED) is 0.405. The number of hydrogen-bond acceptors (Lipinski definition) is 4. The van der Waals surface area contributed by atoms with Crippen molar-refractivity contribution in [3.8, 4) is 16.9 Å². The van der Waals surface area contributed by atoms with Gasteiger partial charge in [-0.05, 0) is 43.0 Å². The van der Waals surface area contributed by atoms with Gasteiger partial charge in [0.05, 0.1) is 21.9 Å². The van der Waals surface area contributed by atoms with Gasteiger partial charge in [-0.1, -0.05) is 67.2 Å². The van der Waals surface area contributed by atoms with Crippen molar-refractivity contribution in [2.45, 2.75) is 38.1 Å². The van der Waals surface area contributed by atoms with Gasteiger partial charge in [-0.3, -0.25) is 0 Å². The first-order valence-corrected chi connectivity index (χ1v) is 11.3. The van der Waals surface area contributed by atoms with Crippen LogP contribution in [0.1, 0.15) is 38.3 Å². The summed E-state index contributed by atoms with van der Waals surface area (Å²) in [6, 6.07) is 15.3. The Bertz CT molecular complexity index is 1250. The molecule has 0 radical (unpaired) electrons. The molecular weight excluding hydrogens is 429 g/mol. The minimum absolute atomic E-state index is 0.518. The Kier molecular flexibility index (Phi) is 5.21. The molecule has 31 heavy (non-hydrogen) atoms. The molecule has 1 aliphatic carbocycles. The number of aromatic nitrogens is 4. The summed E-state index contributed by atoms with van der Waals surface area (Å²) in [6.07, 6.45) is 5.65. The molecule has 2 unspecified atom stereocenters. The lowest BCUT2D eigenvalue weighted by molar-refractivity contribution is 0.235. The summed E-state index contributed by atoms with van der Waals surface area (Å²) in [7, 11) is 0. The molecule has 1 aliphatic rings. The van der Waals surface area contributed by atoms with E-state index in [1.807, 2.05) is 53.2 Å². The Morgan fingerprint density at radius 3 is 2.55 bits per heavy atom. The van der Waals surface area contributed by atoms with Crippen molar-refractivity contribution >= 4 is 34.2 Å². The third-order valence-corrected chi connectivity index (χ3v) is 6.73. The maximum absolute atomic E-state index is 6.94. The Morgan fingerprint density at radius 1 is 1.03 bits per heavy atom. The predicted octanol–water partition coefficient (Wildman–Crippen LogP) is 6.15. The molecule has 0 aliphatic heterocycles. The van der Waals surface area contributed by atoms with Crippen molar-refractivity contribution < 1.29 is 0 Å². The lowest BCUT2D eigenvalue weighted by Crippen LogP contribution is -2.42. The standard InChI is InChI=1S/C24H23Cl2N5/c1-15-5-4-12-24(27,13-15)23-21-20(28-14-29-23)22(16-8-10-17(25)11-9-16)31(30-21)19-7-3-2-6-18(19)26/h2-3,6-11,14-15H,4-5,12-13,27H2,1H3. The van der Waals surface area contributed by atoms with Crippen molar-refractivity contribution in [2.75, 3.05) is 0 Å². The van der Waals surface area contributed by atoms with Gasteiger partial charge in [0, 0.05) is 10.6 Å². The fourth-order valence-corrected chi connectivity index (χ4v) is 5.07. The Morgan fingerprint density at radius 2 is 1.81 bits per heavy atom. The molecule has 7 heteroatoms. The summed E-state index contributed by atoms with van der Waals surface area (Å²) in [5.74, 6) is 0.546. The monoisotopic (exact) mass is 451 g/mol. The number of rotatable bonds is 3. The second-order valence-corrected chi connectivity index (χ2v) is 9.34. The van der Waals surface area contributed by atoms with E-state index in [9.17, 15) is 0 Å². The van der Waals surface area contributed by atoms with E-state index >= 15 is 0 Å². The third kappa shape index (κ3) is 3.61. The molecule has 0 spiro atoms. The summed E-state index contributed by atoms with van der Waals surface area (Å²) in [4.78, 5) is 9.28. The van der Waals surface area contributed by atoms with Crippen LogP contribution in [0.15, 0.2) is 54.9 Å². The van der Waals surface area contributed by atoms with Crippen LogP contribution in [0.4, 0.5) is 0 Å². The van der Waals surface area contributed by atoms with Crippen LogP contribution in [0.3, 0.4) is 0 Å². The van der Waals surface area contributed by atoms with E-state index < -0.39 is 5.54 Å². The maximum Gasteiger partial charge on any atom is 0.135 e. The first-order chi connectivity index (χ1) is 15.0. The van der Waals surface area contributed by atoms with Gasteiger partial charge < -0.3 is 5.73 Å². The highest BCUT2D eigenvalue weighted by Gasteiger charge is 2.37. The van der Waals surface area contributed by atoms with E-state index in [1.165, 1.54) is 6.42 Å². The van der Waals surface area contributed by atoms with Crippen molar-refractivity contribution in [2.24, 2.45) is 11.7 Å². The number of nitrogens with two attached hydrogens (primary N) is 1. The first kappa shape index (κ1) is 20.4. The van der Waals surface area contributed by atoms with Crippen LogP contribution in [0.2, 0.25) is 10.0 Å². The van der Waals surface area contributed by atoms with Crippen LogP contribution in [0, 0.1) is 5.92 Å². The molecule has 2 atom stereocenters. The topological polar surface area (TPSA) is 69.6 Å². The van der Waals surface area contributed by atoms with Crippen LogP contribution in [0.25, 0.3) is 28.0 Å². The number of fused-ring (bicyclic) bond motifs is 1. The van der Waals surface area contributed by atoms with E-state index in [0.717, 1.165) is 52.9 Å². The van der Waals surface area contributed by atoms with Gasteiger partial charge in [0.15, 0.2) is 0 Å². The molecule has 5 nitrogen and oxygen atoms in total. The van der Waals surface area contributed by atoms with Gasteiger partial charge in [0.2, 0.25) is 0 Å². The second-order valence-electron chi connectivity index (χ2n) is 8.50. The zero-order chi connectivity index (χ0) is 21.6. The third-order valence-electron chi connectivity index (χ3n) is 6.16. The fraction of sp³-hybridized carbons (Fsp3) is 0.292. The number of nitrogens with zero attached hydrogens (tertiary/aromatic N) is 4. The average molecular weight is 452 g/mol. The van der Waals surface area contributed by atoms with Crippen LogP contribution in [-0.4, -0.2) is 19.7 Å². The maximum atomic E-state index is 6.94. The van der Waals surface area contributed by atoms with Crippen LogP contribution in [-0.2, 0) is 5.54 Å². The zero-order valence-corrected chi connectivity index (χ0v) is 18.7. The Labute approximate surface area is 191 Å². The highest BCUT2D eigenvalue weighted by molar-refractivity contribution is 6.32. The molecule has 2 aromatic carbocycles. The summed E-state index contributed by atoms with van der Waals surface area (Å²) in [6.45, 7) is 2.25. The molecule has 5 rings (SSSR count). The van der Waals surface area contributed by atoms with Crippen molar-refractivity contribution in [3.63, 3.8) is 0 Å². The molecule has 0 bridgehead atoms. The molecule has 2 aromatic heterocycles. The highest BCUT2D eigenvalue weighted by Crippen LogP contribution is 2.41. The molecule has 158 valence electrons. The van der Waals surface area contributed by atoms with E-state index in [-0.39, 0.29) is 0 Å². The minimum atomic E-state index is -0.518. The van der Waals surface area contributed by atoms with Gasteiger partial charge in [-0.15, -0.1) is 0 Å². The molecule has 2 N–H and O–H groups in total. The van der Waals surface area contributed by atoms with Gasteiger partial charge in [0.1, 0.15) is 23.1 Å². The molecule has 1 saturated carbocycles. The Balaban J connectivity index is 1.80. The zero-order valence-electron chi connectivity index (χ0n) is 17.2. The van der Waals surface area contributed by atoms with E-state index in [0.29, 0.717) is 16.0 Å². The molecule has 4 aromatic rings. The smallest absolute Gasteiger partial charge is 0.135 e. The summed E-state index contributed by atoms with van der Waals surface area (Å²) < 4.78 is 1.85. The summed E-state index contributed by atoms with van der Waals surface area (Å²) >= 11 is 12.7. The van der Waals surface area contributed by atoms with Gasteiger partial charge >= 0.3 is 0 Å². The molecule has 2 heterocycles. The largest absolute Gasteiger partial charge is 0.320 e. The molecule has 0 saturated heterocycles. The van der Waals surface area contributed by atoms with Crippen molar-refractivity contribution in [3.05, 3.63) is 70.6 Å². The highest BCUT2D eigenvalue weighted by atomic mass is 35.5. The fourth-order valence-electron chi connectivity index (χ4n) is 4.73.